The summed E-state index contributed by atoms with van der Waals surface area (Å²) in [5.74, 6) is -3.78. The highest BCUT2D eigenvalue weighted by atomic mass is 19.2. The largest absolute Gasteiger partial charge is 0.504 e. The first-order valence-corrected chi connectivity index (χ1v) is 6.21. The molecule has 0 aromatic heterocycles. The molecule has 2 aromatic rings. The van der Waals surface area contributed by atoms with E-state index in [1.54, 1.807) is 19.1 Å². The van der Waals surface area contributed by atoms with Gasteiger partial charge in [0.15, 0.2) is 29.0 Å². The highest BCUT2D eigenvalue weighted by molar-refractivity contribution is 5.49. The highest BCUT2D eigenvalue weighted by Crippen LogP contribution is 2.31. The van der Waals surface area contributed by atoms with Gasteiger partial charge in [-0.1, -0.05) is 6.07 Å². The van der Waals surface area contributed by atoms with E-state index < -0.39 is 23.5 Å². The summed E-state index contributed by atoms with van der Waals surface area (Å²) < 4.78 is 44.6. The fraction of sp³-hybridized carbons (Fsp3) is 0.200. The van der Waals surface area contributed by atoms with E-state index in [9.17, 15) is 18.3 Å². The zero-order chi connectivity index (χ0) is 15.6. The Hall–Kier alpha value is -2.37. The van der Waals surface area contributed by atoms with Crippen molar-refractivity contribution < 1.29 is 23.0 Å². The quantitative estimate of drug-likeness (QED) is 0.838. The summed E-state index contributed by atoms with van der Waals surface area (Å²) in [4.78, 5) is 0. The summed E-state index contributed by atoms with van der Waals surface area (Å²) in [5.41, 5.74) is 0.544. The summed E-state index contributed by atoms with van der Waals surface area (Å²) in [6, 6.07) is 6.21. The van der Waals surface area contributed by atoms with Gasteiger partial charge >= 0.3 is 0 Å². The van der Waals surface area contributed by atoms with E-state index in [1.807, 2.05) is 0 Å². The van der Waals surface area contributed by atoms with Crippen LogP contribution in [-0.4, -0.2) is 12.2 Å². The first-order chi connectivity index (χ1) is 9.93. The lowest BCUT2D eigenvalue weighted by Crippen LogP contribution is -2.09. The van der Waals surface area contributed by atoms with Crippen LogP contribution in [0.3, 0.4) is 0 Å². The molecule has 0 saturated carbocycles. The Kier molecular flexibility index (Phi) is 4.26. The van der Waals surface area contributed by atoms with Crippen LogP contribution in [0, 0.1) is 17.5 Å². The Morgan fingerprint density at radius 2 is 1.81 bits per heavy atom. The molecule has 0 radical (unpaired) electrons. The van der Waals surface area contributed by atoms with Gasteiger partial charge in [0.1, 0.15) is 0 Å². The van der Waals surface area contributed by atoms with Crippen LogP contribution in [0.25, 0.3) is 0 Å². The molecule has 6 heteroatoms. The van der Waals surface area contributed by atoms with Gasteiger partial charge in [0.05, 0.1) is 12.8 Å². The van der Waals surface area contributed by atoms with Gasteiger partial charge in [-0.3, -0.25) is 0 Å². The first-order valence-electron chi connectivity index (χ1n) is 6.21. The molecule has 0 spiro atoms. The number of methoxy groups -OCH3 is 1. The Bertz CT molecular complexity index is 662. The van der Waals surface area contributed by atoms with Crippen LogP contribution in [0.2, 0.25) is 0 Å². The van der Waals surface area contributed by atoms with E-state index in [0.717, 1.165) is 12.1 Å². The predicted octanol–water partition coefficient (Wildman–Crippen LogP) is 3.99. The van der Waals surface area contributed by atoms with Crippen molar-refractivity contribution >= 4 is 5.69 Å². The lowest BCUT2D eigenvalue weighted by atomic mass is 10.1. The summed E-state index contributed by atoms with van der Waals surface area (Å²) in [6.07, 6.45) is 0. The molecule has 3 nitrogen and oxygen atoms in total. The minimum absolute atomic E-state index is 0.0209. The normalized spacial score (nSPS) is 12.0. The van der Waals surface area contributed by atoms with Gasteiger partial charge in [-0.25, -0.2) is 13.2 Å². The molecule has 2 N–H and O–H groups in total. The van der Waals surface area contributed by atoms with E-state index >= 15 is 0 Å². The van der Waals surface area contributed by atoms with Gasteiger partial charge in [-0.15, -0.1) is 0 Å². The zero-order valence-corrected chi connectivity index (χ0v) is 11.5. The number of ether oxygens (including phenoxy) is 1. The second kappa shape index (κ2) is 5.95. The number of benzene rings is 2. The second-order valence-electron chi connectivity index (χ2n) is 4.52. The fourth-order valence-electron chi connectivity index (χ4n) is 1.92. The van der Waals surface area contributed by atoms with E-state index in [0.29, 0.717) is 5.56 Å². The van der Waals surface area contributed by atoms with Gasteiger partial charge < -0.3 is 15.2 Å². The third kappa shape index (κ3) is 3.04. The van der Waals surface area contributed by atoms with Crippen molar-refractivity contribution in [1.82, 2.24) is 0 Å². The zero-order valence-electron chi connectivity index (χ0n) is 11.5. The van der Waals surface area contributed by atoms with Gasteiger partial charge in [0.2, 0.25) is 0 Å². The summed E-state index contributed by atoms with van der Waals surface area (Å²) in [7, 11) is 1.41. The summed E-state index contributed by atoms with van der Waals surface area (Å²) in [5, 5.41) is 12.3. The van der Waals surface area contributed by atoms with Gasteiger partial charge in [0, 0.05) is 6.04 Å². The van der Waals surface area contributed by atoms with Crippen molar-refractivity contribution in [2.45, 2.75) is 13.0 Å². The Labute approximate surface area is 120 Å². The molecule has 21 heavy (non-hydrogen) atoms. The van der Waals surface area contributed by atoms with Crippen molar-refractivity contribution in [2.75, 3.05) is 12.4 Å². The number of hydrogen-bond acceptors (Lipinski definition) is 3. The summed E-state index contributed by atoms with van der Waals surface area (Å²) in [6.45, 7) is 1.71. The molecule has 0 aliphatic rings. The minimum Gasteiger partial charge on any atom is -0.504 e. The van der Waals surface area contributed by atoms with Crippen molar-refractivity contribution in [2.24, 2.45) is 0 Å². The number of halogens is 3. The van der Waals surface area contributed by atoms with Crippen LogP contribution in [0.5, 0.6) is 11.5 Å². The Balaban J connectivity index is 2.26. The maximum Gasteiger partial charge on any atom is 0.196 e. The number of phenolic OH excluding ortho intramolecular Hbond substituents is 1. The molecule has 112 valence electrons. The van der Waals surface area contributed by atoms with E-state index in [2.05, 4.69) is 5.32 Å². The van der Waals surface area contributed by atoms with E-state index in [4.69, 9.17) is 4.74 Å². The van der Waals surface area contributed by atoms with Gasteiger partial charge in [-0.05, 0) is 36.8 Å². The minimum atomic E-state index is -1.52. The highest BCUT2D eigenvalue weighted by Gasteiger charge is 2.16. The molecular formula is C15H14F3NO2. The van der Waals surface area contributed by atoms with Crippen molar-refractivity contribution in [3.05, 3.63) is 53.3 Å². The maximum atomic E-state index is 13.6. The standard InChI is InChI=1S/C15H14F3NO2/c1-8(9-3-6-12(20)13(7-9)21-2)19-11-5-4-10(16)14(17)15(11)18/h3-8,19-20H,1-2H3. The van der Waals surface area contributed by atoms with E-state index in [-0.39, 0.29) is 17.2 Å². The number of phenols is 1. The average molecular weight is 297 g/mol. The number of hydrogen-bond donors (Lipinski definition) is 2. The van der Waals surface area contributed by atoms with Crippen LogP contribution in [0.15, 0.2) is 30.3 Å². The average Bonchev–Trinajstić information content (AvgIpc) is 2.48. The topological polar surface area (TPSA) is 41.5 Å². The Morgan fingerprint density at radius 1 is 1.10 bits per heavy atom. The molecule has 0 saturated heterocycles. The molecule has 0 aliphatic heterocycles. The molecule has 1 unspecified atom stereocenters. The molecule has 2 rings (SSSR count). The van der Waals surface area contributed by atoms with Crippen LogP contribution < -0.4 is 10.1 Å². The molecule has 2 aromatic carbocycles. The molecule has 1 atom stereocenters. The van der Waals surface area contributed by atoms with Crippen molar-refractivity contribution in [3.63, 3.8) is 0 Å². The molecule has 0 aliphatic carbocycles. The molecular weight excluding hydrogens is 283 g/mol. The number of rotatable bonds is 4. The number of nitrogens with one attached hydrogen (secondary N) is 1. The lowest BCUT2D eigenvalue weighted by molar-refractivity contribution is 0.373. The third-order valence-corrected chi connectivity index (χ3v) is 3.11. The summed E-state index contributed by atoms with van der Waals surface area (Å²) >= 11 is 0. The molecule has 0 bridgehead atoms. The molecule has 0 amide bonds. The van der Waals surface area contributed by atoms with Crippen LogP contribution in [0.1, 0.15) is 18.5 Å². The molecule has 0 heterocycles. The number of aromatic hydroxyl groups is 1. The van der Waals surface area contributed by atoms with Gasteiger partial charge in [-0.2, -0.15) is 0 Å². The maximum absolute atomic E-state index is 13.6. The van der Waals surface area contributed by atoms with Crippen LogP contribution >= 0.6 is 0 Å². The SMILES string of the molecule is COc1cc(C(C)Nc2ccc(F)c(F)c2F)ccc1O. The lowest BCUT2D eigenvalue weighted by Gasteiger charge is -2.17. The monoisotopic (exact) mass is 297 g/mol. The third-order valence-electron chi connectivity index (χ3n) is 3.11. The Morgan fingerprint density at radius 3 is 2.48 bits per heavy atom. The van der Waals surface area contributed by atoms with Crippen molar-refractivity contribution in [3.8, 4) is 11.5 Å². The fourth-order valence-corrected chi connectivity index (χ4v) is 1.92. The predicted molar refractivity (Wildman–Crippen MR) is 73.0 cm³/mol. The second-order valence-corrected chi connectivity index (χ2v) is 4.52. The molecule has 0 fully saturated rings. The van der Waals surface area contributed by atoms with Crippen LogP contribution in [-0.2, 0) is 0 Å². The van der Waals surface area contributed by atoms with Gasteiger partial charge in [0.25, 0.3) is 0 Å². The number of anilines is 1. The van der Waals surface area contributed by atoms with Crippen molar-refractivity contribution in [1.29, 1.82) is 0 Å². The first kappa shape index (κ1) is 15.0. The van der Waals surface area contributed by atoms with E-state index in [1.165, 1.54) is 13.2 Å². The van der Waals surface area contributed by atoms with Crippen LogP contribution in [0.4, 0.5) is 18.9 Å². The smallest absolute Gasteiger partial charge is 0.196 e.